The molecule has 0 saturated heterocycles. The molecule has 386 valence electrons. The molecule has 0 aliphatic heterocycles. The third-order valence-electron chi connectivity index (χ3n) is 11.2. The molecule has 0 radical (unpaired) electrons. The summed E-state index contributed by atoms with van der Waals surface area (Å²) >= 11 is 0. The first-order valence-corrected chi connectivity index (χ1v) is 24.6. The van der Waals surface area contributed by atoms with Crippen LogP contribution >= 0.6 is 0 Å². The maximum Gasteiger partial charge on any atom is 0.330 e. The maximum absolute atomic E-state index is 11.2. The van der Waals surface area contributed by atoms with Crippen molar-refractivity contribution in [1.82, 2.24) is 0 Å². The molecule has 0 aromatic heterocycles. The average molecular weight is 955 g/mol. The van der Waals surface area contributed by atoms with Crippen LogP contribution in [-0.4, -0.2) is 129 Å². The fourth-order valence-electron chi connectivity index (χ4n) is 6.44. The minimum absolute atomic E-state index is 0.0856. The van der Waals surface area contributed by atoms with Gasteiger partial charge in [-0.3, -0.25) is 19.2 Å². The van der Waals surface area contributed by atoms with Crippen LogP contribution in [0.4, 0.5) is 0 Å². The third-order valence-corrected chi connectivity index (χ3v) is 11.2. The van der Waals surface area contributed by atoms with Gasteiger partial charge in [0.1, 0.15) is 0 Å². The highest BCUT2D eigenvalue weighted by atomic mass is 16.6. The number of ether oxygens (including phenoxy) is 10. The molecule has 6 aliphatic rings. The van der Waals surface area contributed by atoms with E-state index in [1.807, 2.05) is 46.8 Å². The van der Waals surface area contributed by atoms with E-state index in [1.54, 1.807) is 14.2 Å². The maximum atomic E-state index is 11.2. The zero-order chi connectivity index (χ0) is 50.0. The van der Waals surface area contributed by atoms with Gasteiger partial charge in [0.05, 0.1) is 91.2 Å². The Hall–Kier alpha value is -3.86. The number of methoxy groups -OCH3 is 5. The summed E-state index contributed by atoms with van der Waals surface area (Å²) in [6.07, 6.45) is 23.4. The molecule has 6 saturated carbocycles. The van der Waals surface area contributed by atoms with Crippen molar-refractivity contribution in [2.45, 2.75) is 162 Å². The Balaban J connectivity index is 0.000000403. The van der Waals surface area contributed by atoms with Gasteiger partial charge in [-0.05, 0) is 147 Å². The second-order valence-corrected chi connectivity index (χ2v) is 17.1. The van der Waals surface area contributed by atoms with Crippen LogP contribution in [0.25, 0.3) is 0 Å². The van der Waals surface area contributed by atoms with Crippen molar-refractivity contribution in [2.75, 3.05) is 68.6 Å². The smallest absolute Gasteiger partial charge is 0.330 e. The van der Waals surface area contributed by atoms with Crippen LogP contribution in [0.2, 0.25) is 0 Å². The lowest BCUT2D eigenvalue weighted by molar-refractivity contribution is -0.147. The Kier molecular flexibility index (Phi) is 33.9. The van der Waals surface area contributed by atoms with Gasteiger partial charge in [-0.1, -0.05) is 12.2 Å². The quantitative estimate of drug-likeness (QED) is 0.0483. The van der Waals surface area contributed by atoms with Gasteiger partial charge in [0.2, 0.25) is 0 Å². The minimum atomic E-state index is -0.248. The van der Waals surface area contributed by atoms with Crippen LogP contribution in [0.15, 0.2) is 24.3 Å². The molecule has 16 heteroatoms. The number of hydrogen-bond donors (Lipinski definition) is 0. The van der Waals surface area contributed by atoms with Crippen molar-refractivity contribution in [3.8, 4) is 0 Å². The summed E-state index contributed by atoms with van der Waals surface area (Å²) in [6, 6.07) is 0. The summed E-state index contributed by atoms with van der Waals surface area (Å²) in [5.74, 6) is 2.63. The van der Waals surface area contributed by atoms with Crippen molar-refractivity contribution in [3.05, 3.63) is 24.3 Å². The Labute approximate surface area is 401 Å². The summed E-state index contributed by atoms with van der Waals surface area (Å²) in [5, 5.41) is 0. The third kappa shape index (κ3) is 34.1. The first-order chi connectivity index (χ1) is 32.2. The van der Waals surface area contributed by atoms with E-state index in [0.29, 0.717) is 94.2 Å². The molecule has 6 rings (SSSR count). The lowest BCUT2D eigenvalue weighted by Crippen LogP contribution is -2.21. The SMILES string of the molecule is CCOC(=O)C=CC1CC1.CCOC(=O)CC(OC)C1CC1.CCOC(=O)CC(OCC)C1CC1.CCOC(CC(=O)OC)C1CC1.COC(=O)C=CC1CC1.COC(=O)CC(OC)C1CC1. The largest absolute Gasteiger partial charge is 0.469 e. The minimum Gasteiger partial charge on any atom is -0.469 e. The number of hydrogen-bond acceptors (Lipinski definition) is 16. The number of esters is 6. The number of allylic oxidation sites excluding steroid dienone is 2. The van der Waals surface area contributed by atoms with Gasteiger partial charge < -0.3 is 47.4 Å². The standard InChI is InChI=1S/C10H18O3.2C9H16O3.C8H14O3.C8H12O2.C7H10O2/c1-3-12-9(8-5-6-8)7-10(11)13-4-2;1-3-12-8(7-4-5-7)6-9(10)11-2;1-3-12-9(10)6-8(11-2)7-4-5-7;1-10-7(6-3-4-6)5-8(9)11-2;1-2-10-8(9)6-5-7-3-4-7;1-9-7(8)5-4-6-2-3-6/h8-9H,3-7H2,1-2H3;2*7-8H,3-6H2,1-2H3;6-7H,3-5H2,1-2H3;5-7H,2-4H2,1H3;4-6H,2-3H2,1H3. The highest BCUT2D eigenvalue weighted by Gasteiger charge is 2.35. The Morgan fingerprint density at radius 2 is 0.701 bits per heavy atom. The van der Waals surface area contributed by atoms with E-state index in [-0.39, 0.29) is 60.2 Å². The van der Waals surface area contributed by atoms with E-state index in [2.05, 4.69) is 14.2 Å². The van der Waals surface area contributed by atoms with Gasteiger partial charge in [0.25, 0.3) is 0 Å². The monoisotopic (exact) mass is 955 g/mol. The molecule has 0 N–H and O–H groups in total. The van der Waals surface area contributed by atoms with Crippen molar-refractivity contribution >= 4 is 35.8 Å². The van der Waals surface area contributed by atoms with Gasteiger partial charge in [0.15, 0.2) is 0 Å². The van der Waals surface area contributed by atoms with Gasteiger partial charge in [0, 0.05) is 39.6 Å². The fraction of sp³-hybridized carbons (Fsp3) is 0.804. The van der Waals surface area contributed by atoms with Crippen LogP contribution in [0.5, 0.6) is 0 Å². The molecular weight excluding hydrogens is 869 g/mol. The first kappa shape index (κ1) is 61.2. The van der Waals surface area contributed by atoms with Crippen LogP contribution in [0, 0.1) is 35.5 Å². The highest BCUT2D eigenvalue weighted by molar-refractivity contribution is 5.82. The van der Waals surface area contributed by atoms with E-state index in [0.717, 1.165) is 0 Å². The van der Waals surface area contributed by atoms with Crippen LogP contribution in [0.1, 0.15) is 137 Å². The molecule has 0 bridgehead atoms. The molecule has 0 aromatic carbocycles. The molecule has 6 aliphatic carbocycles. The first-order valence-electron chi connectivity index (χ1n) is 24.6. The summed E-state index contributed by atoms with van der Waals surface area (Å²) < 4.78 is 49.2. The molecule has 0 heterocycles. The molecule has 0 aromatic rings. The van der Waals surface area contributed by atoms with E-state index < -0.39 is 0 Å². The average Bonchev–Trinajstić information content (AvgIpc) is 4.11. The zero-order valence-electron chi connectivity index (χ0n) is 42.5. The van der Waals surface area contributed by atoms with Gasteiger partial charge in [-0.15, -0.1) is 0 Å². The molecule has 0 spiro atoms. The Morgan fingerprint density at radius 1 is 0.388 bits per heavy atom. The predicted molar refractivity (Wildman–Crippen MR) is 251 cm³/mol. The van der Waals surface area contributed by atoms with Crippen molar-refractivity contribution in [3.63, 3.8) is 0 Å². The Bertz CT molecular complexity index is 1440. The van der Waals surface area contributed by atoms with Gasteiger partial charge in [-0.2, -0.15) is 0 Å². The summed E-state index contributed by atoms with van der Waals surface area (Å²) in [4.78, 5) is 65.0. The van der Waals surface area contributed by atoms with E-state index >= 15 is 0 Å². The molecule has 4 atom stereocenters. The second kappa shape index (κ2) is 37.1. The van der Waals surface area contributed by atoms with Crippen molar-refractivity contribution < 1.29 is 76.1 Å². The molecule has 0 amide bonds. The van der Waals surface area contributed by atoms with Gasteiger partial charge >= 0.3 is 35.8 Å². The van der Waals surface area contributed by atoms with E-state index in [1.165, 1.54) is 111 Å². The number of carbonyl (C=O) groups is 6. The Morgan fingerprint density at radius 3 is 0.985 bits per heavy atom. The summed E-state index contributed by atoms with van der Waals surface area (Å²) in [7, 11) is 7.51. The summed E-state index contributed by atoms with van der Waals surface area (Å²) in [6.45, 7) is 12.1. The lowest BCUT2D eigenvalue weighted by Gasteiger charge is -2.14. The molecule has 6 fully saturated rings. The van der Waals surface area contributed by atoms with Crippen LogP contribution < -0.4 is 0 Å². The second-order valence-electron chi connectivity index (χ2n) is 17.1. The van der Waals surface area contributed by atoms with Crippen molar-refractivity contribution in [1.29, 1.82) is 0 Å². The summed E-state index contributed by atoms with van der Waals surface area (Å²) in [5.41, 5.74) is 0. The zero-order valence-corrected chi connectivity index (χ0v) is 42.5. The predicted octanol–water partition coefficient (Wildman–Crippen LogP) is 8.10. The lowest BCUT2D eigenvalue weighted by atomic mass is 10.1. The van der Waals surface area contributed by atoms with Crippen LogP contribution in [-0.2, 0) is 76.1 Å². The topological polar surface area (TPSA) is 195 Å². The normalized spacial score (nSPS) is 18.6. The highest BCUT2D eigenvalue weighted by Crippen LogP contribution is 2.38. The molecule has 67 heavy (non-hydrogen) atoms. The fourth-order valence-corrected chi connectivity index (χ4v) is 6.44. The number of rotatable bonds is 25. The molecular formula is C51H86O16. The number of carbonyl (C=O) groups excluding carboxylic acids is 6. The van der Waals surface area contributed by atoms with E-state index in [4.69, 9.17) is 33.2 Å². The molecule has 16 nitrogen and oxygen atoms in total. The molecule has 4 unspecified atom stereocenters. The van der Waals surface area contributed by atoms with Crippen molar-refractivity contribution in [2.24, 2.45) is 35.5 Å². The van der Waals surface area contributed by atoms with E-state index in [9.17, 15) is 28.8 Å². The van der Waals surface area contributed by atoms with Gasteiger partial charge in [-0.25, -0.2) is 9.59 Å². The van der Waals surface area contributed by atoms with Crippen LogP contribution in [0.3, 0.4) is 0 Å².